The molecule has 0 aliphatic carbocycles. The lowest BCUT2D eigenvalue weighted by molar-refractivity contribution is -0.384. The third-order valence-electron chi connectivity index (χ3n) is 2.56. The molecule has 106 valence electrons. The van der Waals surface area contributed by atoms with Crippen molar-refractivity contribution in [3.8, 4) is 11.6 Å². The van der Waals surface area contributed by atoms with Crippen molar-refractivity contribution in [3.05, 3.63) is 44.9 Å². The normalized spacial score (nSPS) is 10.8. The summed E-state index contributed by atoms with van der Waals surface area (Å²) < 4.78 is 5.51. The van der Waals surface area contributed by atoms with Crippen molar-refractivity contribution >= 4 is 40.1 Å². The van der Waals surface area contributed by atoms with Crippen molar-refractivity contribution in [1.29, 1.82) is 0 Å². The van der Waals surface area contributed by atoms with Gasteiger partial charge >= 0.3 is 0 Å². The number of nitro groups is 1. The van der Waals surface area contributed by atoms with Crippen molar-refractivity contribution in [2.75, 3.05) is 0 Å². The number of imidazole rings is 1. The lowest BCUT2D eigenvalue weighted by Crippen LogP contribution is -1.95. The topological polar surface area (TPSA) is 107 Å². The molecule has 10 heteroatoms. The molecular weight excluding hydrogens is 321 g/mol. The van der Waals surface area contributed by atoms with E-state index >= 15 is 0 Å². The summed E-state index contributed by atoms with van der Waals surface area (Å²) in [5.74, 6) is 0.154. The Labute approximate surface area is 126 Å². The summed E-state index contributed by atoms with van der Waals surface area (Å²) in [6, 6.07) is 3.83. The van der Waals surface area contributed by atoms with Crippen LogP contribution in [0.1, 0.15) is 0 Å². The Balaban J connectivity index is 2.08. The van der Waals surface area contributed by atoms with Crippen LogP contribution in [0.5, 0.6) is 11.6 Å². The van der Waals surface area contributed by atoms with E-state index in [1.54, 1.807) is 0 Å². The number of aromatic nitrogens is 4. The molecule has 3 rings (SSSR count). The van der Waals surface area contributed by atoms with Gasteiger partial charge < -0.3 is 9.72 Å². The van der Waals surface area contributed by atoms with Crippen LogP contribution in [0, 0.1) is 10.1 Å². The van der Waals surface area contributed by atoms with E-state index in [2.05, 4.69) is 19.9 Å². The minimum atomic E-state index is -0.554. The molecule has 0 atom stereocenters. The van der Waals surface area contributed by atoms with Crippen LogP contribution in [-0.2, 0) is 0 Å². The Morgan fingerprint density at radius 3 is 2.86 bits per heavy atom. The molecule has 0 amide bonds. The zero-order valence-corrected chi connectivity index (χ0v) is 11.6. The highest BCUT2D eigenvalue weighted by atomic mass is 35.5. The Morgan fingerprint density at radius 1 is 1.29 bits per heavy atom. The summed E-state index contributed by atoms with van der Waals surface area (Å²) >= 11 is 11.7. The number of non-ortho nitro benzene ring substituents is 1. The number of ether oxygens (including phenoxy) is 1. The summed E-state index contributed by atoms with van der Waals surface area (Å²) in [5, 5.41) is 10.9. The molecule has 3 aromatic rings. The predicted octanol–water partition coefficient (Wildman–Crippen LogP) is 3.36. The fourth-order valence-corrected chi connectivity index (χ4v) is 1.96. The van der Waals surface area contributed by atoms with E-state index in [-0.39, 0.29) is 27.6 Å². The van der Waals surface area contributed by atoms with Gasteiger partial charge in [0.1, 0.15) is 5.52 Å². The molecule has 0 fully saturated rings. The van der Waals surface area contributed by atoms with Crippen LogP contribution in [0.25, 0.3) is 11.2 Å². The molecule has 0 bridgehead atoms. The summed E-state index contributed by atoms with van der Waals surface area (Å²) in [6.45, 7) is 0. The van der Waals surface area contributed by atoms with E-state index in [1.807, 2.05) is 0 Å². The van der Waals surface area contributed by atoms with Crippen molar-refractivity contribution in [2.45, 2.75) is 0 Å². The molecule has 0 saturated heterocycles. The minimum absolute atomic E-state index is 0.0637. The molecule has 0 saturated carbocycles. The summed E-state index contributed by atoms with van der Waals surface area (Å²) in [5.41, 5.74) is 0.559. The monoisotopic (exact) mass is 325 g/mol. The number of rotatable bonds is 3. The van der Waals surface area contributed by atoms with Crippen molar-refractivity contribution < 1.29 is 9.66 Å². The fourth-order valence-electron chi connectivity index (χ4n) is 1.64. The van der Waals surface area contributed by atoms with Crippen LogP contribution < -0.4 is 4.74 Å². The van der Waals surface area contributed by atoms with Crippen LogP contribution in [-0.4, -0.2) is 24.9 Å². The molecular formula is C11H5Cl2N5O3. The number of benzene rings is 1. The summed E-state index contributed by atoms with van der Waals surface area (Å²) in [7, 11) is 0. The standard InChI is InChI=1S/C11H5Cl2N5O3/c12-6-2-1-5(18(19)20)3-7(6)21-10-8-9(15-4-14-8)16-11(13)17-10/h1-4H,(H,14,15,16,17). The number of nitrogens with zero attached hydrogens (tertiary/aromatic N) is 4. The number of H-pyrrole nitrogens is 1. The first-order valence-corrected chi connectivity index (χ1v) is 6.28. The van der Waals surface area contributed by atoms with Crippen molar-refractivity contribution in [2.24, 2.45) is 0 Å². The Bertz CT molecular complexity index is 851. The Hall–Kier alpha value is -2.45. The maximum Gasteiger partial charge on any atom is 0.273 e. The maximum atomic E-state index is 10.8. The zero-order chi connectivity index (χ0) is 15.0. The van der Waals surface area contributed by atoms with Crippen molar-refractivity contribution in [3.63, 3.8) is 0 Å². The number of hydrogen-bond acceptors (Lipinski definition) is 6. The van der Waals surface area contributed by atoms with Crippen LogP contribution in [0.15, 0.2) is 24.5 Å². The SMILES string of the molecule is O=[N+]([O-])c1ccc(Cl)c(Oc2nc(Cl)nc3nc[nH]c23)c1. The van der Waals surface area contributed by atoms with Gasteiger partial charge in [-0.05, 0) is 17.7 Å². The molecule has 21 heavy (non-hydrogen) atoms. The first kappa shape index (κ1) is 13.5. The smallest absolute Gasteiger partial charge is 0.273 e. The predicted molar refractivity (Wildman–Crippen MR) is 74.9 cm³/mol. The molecule has 2 heterocycles. The largest absolute Gasteiger partial charge is 0.435 e. The second kappa shape index (κ2) is 5.15. The van der Waals surface area contributed by atoms with E-state index in [0.717, 1.165) is 0 Å². The highest BCUT2D eigenvalue weighted by molar-refractivity contribution is 6.32. The first-order chi connectivity index (χ1) is 10.0. The molecule has 0 spiro atoms. The number of aromatic amines is 1. The lowest BCUT2D eigenvalue weighted by atomic mass is 10.3. The average Bonchev–Trinajstić information content (AvgIpc) is 2.89. The Morgan fingerprint density at radius 2 is 2.10 bits per heavy atom. The molecule has 0 radical (unpaired) electrons. The second-order valence-corrected chi connectivity index (χ2v) is 4.62. The second-order valence-electron chi connectivity index (χ2n) is 3.87. The van der Waals surface area contributed by atoms with E-state index in [1.165, 1.54) is 24.5 Å². The minimum Gasteiger partial charge on any atom is -0.435 e. The highest BCUT2D eigenvalue weighted by Crippen LogP contribution is 2.34. The van der Waals surface area contributed by atoms with E-state index < -0.39 is 4.92 Å². The van der Waals surface area contributed by atoms with Gasteiger partial charge in [-0.1, -0.05) is 11.6 Å². The van der Waals surface area contributed by atoms with Gasteiger partial charge in [-0.3, -0.25) is 10.1 Å². The van der Waals surface area contributed by atoms with Crippen LogP contribution in [0.4, 0.5) is 5.69 Å². The van der Waals surface area contributed by atoms with Gasteiger partial charge in [-0.15, -0.1) is 0 Å². The molecule has 0 aliphatic rings. The van der Waals surface area contributed by atoms with Gasteiger partial charge in [0, 0.05) is 6.07 Å². The van der Waals surface area contributed by atoms with Gasteiger partial charge in [0.05, 0.1) is 22.3 Å². The average molecular weight is 326 g/mol. The number of fused-ring (bicyclic) bond motifs is 1. The van der Waals surface area contributed by atoms with Gasteiger partial charge in [0.15, 0.2) is 11.4 Å². The van der Waals surface area contributed by atoms with Gasteiger partial charge in [0.25, 0.3) is 5.69 Å². The third-order valence-corrected chi connectivity index (χ3v) is 3.04. The van der Waals surface area contributed by atoms with Gasteiger partial charge in [-0.25, -0.2) is 4.98 Å². The number of nitrogens with one attached hydrogen (secondary N) is 1. The van der Waals surface area contributed by atoms with Crippen LogP contribution in [0.2, 0.25) is 10.3 Å². The number of halogens is 2. The lowest BCUT2D eigenvalue weighted by Gasteiger charge is -2.07. The molecule has 2 aromatic heterocycles. The fraction of sp³-hybridized carbons (Fsp3) is 0. The maximum absolute atomic E-state index is 10.8. The third kappa shape index (κ3) is 2.58. The van der Waals surface area contributed by atoms with Crippen molar-refractivity contribution in [1.82, 2.24) is 19.9 Å². The van der Waals surface area contributed by atoms with E-state index in [9.17, 15) is 10.1 Å². The molecule has 0 unspecified atom stereocenters. The number of hydrogen-bond donors (Lipinski definition) is 1. The van der Waals surface area contributed by atoms with Gasteiger partial charge in [0.2, 0.25) is 11.2 Å². The zero-order valence-electron chi connectivity index (χ0n) is 10.1. The highest BCUT2D eigenvalue weighted by Gasteiger charge is 2.15. The van der Waals surface area contributed by atoms with Crippen LogP contribution >= 0.6 is 23.2 Å². The van der Waals surface area contributed by atoms with Gasteiger partial charge in [-0.2, -0.15) is 9.97 Å². The quantitative estimate of drug-likeness (QED) is 0.449. The first-order valence-electron chi connectivity index (χ1n) is 5.53. The molecule has 1 aromatic carbocycles. The van der Waals surface area contributed by atoms with Crippen LogP contribution in [0.3, 0.4) is 0 Å². The summed E-state index contributed by atoms with van der Waals surface area (Å²) in [4.78, 5) is 24.8. The summed E-state index contributed by atoms with van der Waals surface area (Å²) in [6.07, 6.45) is 1.40. The molecule has 0 aliphatic heterocycles. The molecule has 1 N–H and O–H groups in total. The van der Waals surface area contributed by atoms with E-state index in [4.69, 9.17) is 27.9 Å². The Kier molecular flexibility index (Phi) is 3.32. The molecule has 8 nitrogen and oxygen atoms in total. The number of nitro benzene ring substituents is 1. The van der Waals surface area contributed by atoms with E-state index in [0.29, 0.717) is 11.2 Å².